The average molecular weight is 374 g/mol. The quantitative estimate of drug-likeness (QED) is 0.875. The third kappa shape index (κ3) is 3.29. The van der Waals surface area contributed by atoms with Gasteiger partial charge in [-0.3, -0.25) is 9.59 Å². The number of nitrogens with zero attached hydrogens (tertiary/aromatic N) is 1. The second-order valence-electron chi connectivity index (χ2n) is 7.14. The van der Waals surface area contributed by atoms with Gasteiger partial charge < -0.3 is 10.2 Å². The van der Waals surface area contributed by atoms with Crippen molar-refractivity contribution in [3.63, 3.8) is 0 Å². The zero-order valence-electron chi connectivity index (χ0n) is 14.3. The highest BCUT2D eigenvalue weighted by Crippen LogP contribution is 2.33. The molecule has 0 bridgehead atoms. The molecule has 2 fully saturated rings. The summed E-state index contributed by atoms with van der Waals surface area (Å²) in [5, 5.41) is 2.94. The Labute approximate surface area is 154 Å². The Kier molecular flexibility index (Phi) is 3.98. The van der Waals surface area contributed by atoms with Crippen molar-refractivity contribution in [2.45, 2.75) is 24.6 Å². The standard InChI is InChI=1S/C20H17F3N2O2/c21-20(22,23)16-7-5-14(6-8-16)13-1-3-15(4-2-13)18(27)25-11-19(12-25)10-9-17(26)24-19/h1-8H,9-12H2,(H,24,26). The molecule has 2 aliphatic heterocycles. The molecule has 2 aromatic carbocycles. The molecule has 2 amide bonds. The maximum atomic E-state index is 12.6. The number of hydrogen-bond donors (Lipinski definition) is 1. The molecule has 2 heterocycles. The van der Waals surface area contributed by atoms with Gasteiger partial charge in [0.15, 0.2) is 0 Å². The number of hydrogen-bond acceptors (Lipinski definition) is 2. The van der Waals surface area contributed by atoms with Crippen LogP contribution in [0.2, 0.25) is 0 Å². The first-order chi connectivity index (χ1) is 12.8. The lowest BCUT2D eigenvalue weighted by Crippen LogP contribution is -2.68. The van der Waals surface area contributed by atoms with Crippen molar-refractivity contribution in [2.75, 3.05) is 13.1 Å². The molecule has 2 aromatic rings. The van der Waals surface area contributed by atoms with Crippen molar-refractivity contribution in [3.05, 3.63) is 59.7 Å². The van der Waals surface area contributed by atoms with E-state index in [2.05, 4.69) is 5.32 Å². The molecule has 0 aromatic heterocycles. The van der Waals surface area contributed by atoms with E-state index in [0.29, 0.717) is 30.6 Å². The molecule has 4 nitrogen and oxygen atoms in total. The minimum atomic E-state index is -4.36. The second kappa shape index (κ2) is 6.11. The Balaban J connectivity index is 1.43. The predicted octanol–water partition coefficient (Wildman–Crippen LogP) is 3.48. The number of amides is 2. The van der Waals surface area contributed by atoms with E-state index in [0.717, 1.165) is 24.1 Å². The van der Waals surface area contributed by atoms with Gasteiger partial charge in [-0.2, -0.15) is 13.2 Å². The van der Waals surface area contributed by atoms with E-state index in [1.54, 1.807) is 29.2 Å². The van der Waals surface area contributed by atoms with E-state index < -0.39 is 11.7 Å². The van der Waals surface area contributed by atoms with E-state index in [1.807, 2.05) is 0 Å². The molecule has 4 rings (SSSR count). The van der Waals surface area contributed by atoms with Gasteiger partial charge in [-0.15, -0.1) is 0 Å². The van der Waals surface area contributed by atoms with Crippen LogP contribution in [-0.2, 0) is 11.0 Å². The minimum Gasteiger partial charge on any atom is -0.347 e. The van der Waals surface area contributed by atoms with Crippen LogP contribution in [0, 0.1) is 0 Å². The molecule has 0 atom stereocenters. The molecule has 140 valence electrons. The predicted molar refractivity (Wildman–Crippen MR) is 92.9 cm³/mol. The van der Waals surface area contributed by atoms with Gasteiger partial charge in [-0.1, -0.05) is 24.3 Å². The van der Waals surface area contributed by atoms with Crippen LogP contribution >= 0.6 is 0 Å². The number of halogens is 3. The van der Waals surface area contributed by atoms with E-state index in [9.17, 15) is 22.8 Å². The van der Waals surface area contributed by atoms with Crippen LogP contribution in [0.1, 0.15) is 28.8 Å². The number of benzene rings is 2. The number of nitrogens with one attached hydrogen (secondary N) is 1. The average Bonchev–Trinajstić information content (AvgIpc) is 3.02. The molecule has 0 radical (unpaired) electrons. The summed E-state index contributed by atoms with van der Waals surface area (Å²) >= 11 is 0. The van der Waals surface area contributed by atoms with Crippen LogP contribution in [0.4, 0.5) is 13.2 Å². The maximum absolute atomic E-state index is 12.6. The van der Waals surface area contributed by atoms with Crippen molar-refractivity contribution in [2.24, 2.45) is 0 Å². The van der Waals surface area contributed by atoms with Crippen molar-refractivity contribution in [1.29, 1.82) is 0 Å². The third-order valence-corrected chi connectivity index (χ3v) is 5.19. The summed E-state index contributed by atoms with van der Waals surface area (Å²) in [6.45, 7) is 1.02. The van der Waals surface area contributed by atoms with Gasteiger partial charge in [0.1, 0.15) is 0 Å². The Morgan fingerprint density at radius 3 is 2.00 bits per heavy atom. The molecule has 1 N–H and O–H groups in total. The Morgan fingerprint density at radius 2 is 1.52 bits per heavy atom. The Bertz CT molecular complexity index is 883. The number of rotatable bonds is 2. The van der Waals surface area contributed by atoms with Crippen LogP contribution in [0.25, 0.3) is 11.1 Å². The van der Waals surface area contributed by atoms with Gasteiger partial charge in [-0.05, 0) is 41.8 Å². The van der Waals surface area contributed by atoms with Crippen molar-refractivity contribution >= 4 is 11.8 Å². The molecule has 1 spiro atoms. The van der Waals surface area contributed by atoms with Gasteiger partial charge in [0.2, 0.25) is 5.91 Å². The fourth-order valence-corrected chi connectivity index (χ4v) is 3.68. The first-order valence-corrected chi connectivity index (χ1v) is 8.64. The fourth-order valence-electron chi connectivity index (χ4n) is 3.68. The molecule has 27 heavy (non-hydrogen) atoms. The van der Waals surface area contributed by atoms with Crippen molar-refractivity contribution in [1.82, 2.24) is 10.2 Å². The monoisotopic (exact) mass is 374 g/mol. The SMILES string of the molecule is O=C1CCC2(CN(C(=O)c3ccc(-c4ccc(C(F)(F)F)cc4)cc3)C2)N1. The lowest BCUT2D eigenvalue weighted by atomic mass is 9.87. The number of carbonyl (C=O) groups is 2. The third-order valence-electron chi connectivity index (χ3n) is 5.19. The van der Waals surface area contributed by atoms with E-state index in [-0.39, 0.29) is 17.4 Å². The number of alkyl halides is 3. The summed E-state index contributed by atoms with van der Waals surface area (Å²) < 4.78 is 37.9. The summed E-state index contributed by atoms with van der Waals surface area (Å²) in [6.07, 6.45) is -3.10. The number of carbonyl (C=O) groups excluding carboxylic acids is 2. The Morgan fingerprint density at radius 1 is 0.963 bits per heavy atom. The van der Waals surface area contributed by atoms with Crippen LogP contribution < -0.4 is 5.32 Å². The molecule has 0 aliphatic carbocycles. The van der Waals surface area contributed by atoms with Crippen molar-refractivity contribution in [3.8, 4) is 11.1 Å². The van der Waals surface area contributed by atoms with E-state index in [1.165, 1.54) is 12.1 Å². The summed E-state index contributed by atoms with van der Waals surface area (Å²) in [6, 6.07) is 11.7. The van der Waals surface area contributed by atoms with Crippen LogP contribution in [0.15, 0.2) is 48.5 Å². The zero-order valence-corrected chi connectivity index (χ0v) is 14.3. The zero-order chi connectivity index (χ0) is 19.2. The molecule has 0 saturated carbocycles. The van der Waals surface area contributed by atoms with E-state index in [4.69, 9.17) is 0 Å². The molecule has 0 unspecified atom stereocenters. The first kappa shape index (κ1) is 17.6. The molecule has 2 aliphatic rings. The lowest BCUT2D eigenvalue weighted by molar-refractivity contribution is -0.137. The topological polar surface area (TPSA) is 49.4 Å². The highest BCUT2D eigenvalue weighted by molar-refractivity contribution is 5.96. The summed E-state index contributed by atoms with van der Waals surface area (Å²) in [5.41, 5.74) is 0.961. The van der Waals surface area contributed by atoms with Crippen LogP contribution in [0.3, 0.4) is 0 Å². The fraction of sp³-hybridized carbons (Fsp3) is 0.300. The highest BCUT2D eigenvalue weighted by atomic mass is 19.4. The number of likely N-dealkylation sites (tertiary alicyclic amines) is 1. The molecule has 2 saturated heterocycles. The Hall–Kier alpha value is -2.83. The van der Waals surface area contributed by atoms with Gasteiger partial charge in [-0.25, -0.2) is 0 Å². The van der Waals surface area contributed by atoms with Gasteiger partial charge in [0.25, 0.3) is 5.91 Å². The summed E-state index contributed by atoms with van der Waals surface area (Å²) in [4.78, 5) is 25.6. The normalized spacial score (nSPS) is 18.3. The first-order valence-electron chi connectivity index (χ1n) is 8.64. The molecular formula is C20H17F3N2O2. The molecular weight excluding hydrogens is 357 g/mol. The minimum absolute atomic E-state index is 0.0305. The smallest absolute Gasteiger partial charge is 0.347 e. The summed E-state index contributed by atoms with van der Waals surface area (Å²) in [7, 11) is 0. The van der Waals surface area contributed by atoms with Gasteiger partial charge in [0, 0.05) is 25.1 Å². The summed E-state index contributed by atoms with van der Waals surface area (Å²) in [5.74, 6) is -0.0799. The lowest BCUT2D eigenvalue weighted by Gasteiger charge is -2.47. The van der Waals surface area contributed by atoms with Crippen molar-refractivity contribution < 1.29 is 22.8 Å². The largest absolute Gasteiger partial charge is 0.416 e. The van der Waals surface area contributed by atoms with Gasteiger partial charge in [0.05, 0.1) is 11.1 Å². The van der Waals surface area contributed by atoms with Crippen LogP contribution in [-0.4, -0.2) is 35.3 Å². The van der Waals surface area contributed by atoms with Crippen LogP contribution in [0.5, 0.6) is 0 Å². The highest BCUT2D eigenvalue weighted by Gasteiger charge is 2.49. The van der Waals surface area contributed by atoms with Gasteiger partial charge >= 0.3 is 6.18 Å². The van der Waals surface area contributed by atoms with E-state index >= 15 is 0 Å². The molecule has 7 heteroatoms. The maximum Gasteiger partial charge on any atom is 0.416 e. The second-order valence-corrected chi connectivity index (χ2v) is 7.14.